The van der Waals surface area contributed by atoms with Crippen LogP contribution in [0, 0.1) is 39.4 Å². The summed E-state index contributed by atoms with van der Waals surface area (Å²) < 4.78 is 0. The summed E-state index contributed by atoms with van der Waals surface area (Å²) in [5, 5.41) is 9.30. The van der Waals surface area contributed by atoms with Crippen LogP contribution in [0.4, 0.5) is 0 Å². The highest BCUT2D eigenvalue weighted by Crippen LogP contribution is 2.71. The van der Waals surface area contributed by atoms with Gasteiger partial charge in [-0.05, 0) is 97.0 Å². The van der Waals surface area contributed by atoms with E-state index in [0.717, 1.165) is 37.2 Å². The fourth-order valence-electron chi connectivity index (χ4n) is 8.62. The zero-order valence-electron chi connectivity index (χ0n) is 21.7. The third kappa shape index (κ3) is 3.26. The minimum absolute atomic E-state index is 0.141. The van der Waals surface area contributed by atoms with Crippen LogP contribution in [-0.4, -0.2) is 17.5 Å². The minimum Gasteiger partial charge on any atom is -0.392 e. The molecule has 0 radical (unpaired) electrons. The molecular weight excluding hydrogens is 392 g/mol. The molecule has 0 aromatic carbocycles. The van der Waals surface area contributed by atoms with Crippen molar-refractivity contribution in [1.82, 2.24) is 0 Å². The number of carbonyl (C=O) groups excluding carboxylic acids is 1. The topological polar surface area (TPSA) is 37.3 Å². The van der Waals surface area contributed by atoms with E-state index >= 15 is 0 Å². The number of aliphatic hydroxyl groups is 1. The Hall–Kier alpha value is -1.15. The maximum atomic E-state index is 12.8. The van der Waals surface area contributed by atoms with Crippen molar-refractivity contribution >= 4 is 5.78 Å². The number of aliphatic hydroxyl groups excluding tert-OH is 1. The molecule has 1 N–H and O–H groups in total. The Labute approximate surface area is 196 Å². The highest BCUT2D eigenvalue weighted by atomic mass is 16.3. The summed E-state index contributed by atoms with van der Waals surface area (Å²) in [6.07, 6.45) is 16.3. The molecule has 0 amide bonds. The number of fused-ring (bicyclic) bond motifs is 5. The molecular formula is C30H46O2. The second kappa shape index (κ2) is 7.97. The Morgan fingerprint density at radius 3 is 2.56 bits per heavy atom. The van der Waals surface area contributed by atoms with Crippen LogP contribution in [0.5, 0.6) is 0 Å². The molecule has 4 rings (SSSR count). The molecule has 2 saturated carbocycles. The molecule has 0 heterocycles. The van der Waals surface area contributed by atoms with Gasteiger partial charge in [0, 0.05) is 11.8 Å². The zero-order chi connectivity index (χ0) is 23.5. The first kappa shape index (κ1) is 24.0. The fraction of sp³-hybridized carbons (Fsp3) is 0.767. The Kier molecular flexibility index (Phi) is 5.97. The monoisotopic (exact) mass is 438 g/mol. The number of carbonyl (C=O) groups is 1. The number of rotatable bonds is 5. The first-order chi connectivity index (χ1) is 14.9. The molecule has 6 atom stereocenters. The summed E-state index contributed by atoms with van der Waals surface area (Å²) in [6, 6.07) is 0. The quantitative estimate of drug-likeness (QED) is 0.453. The third-order valence-electron chi connectivity index (χ3n) is 11.1. The van der Waals surface area contributed by atoms with E-state index in [1.807, 2.05) is 6.92 Å². The van der Waals surface area contributed by atoms with E-state index in [4.69, 9.17) is 0 Å². The summed E-state index contributed by atoms with van der Waals surface area (Å²) in [7, 11) is 0. The Bertz CT molecular complexity index is 873. The first-order valence-corrected chi connectivity index (χ1v) is 13.1. The molecule has 0 bridgehead atoms. The number of hydrogen-bond donors (Lipinski definition) is 1. The van der Waals surface area contributed by atoms with Gasteiger partial charge in [0.1, 0.15) is 5.78 Å². The van der Waals surface area contributed by atoms with Gasteiger partial charge >= 0.3 is 0 Å². The van der Waals surface area contributed by atoms with Gasteiger partial charge in [0.25, 0.3) is 0 Å². The van der Waals surface area contributed by atoms with Crippen LogP contribution in [-0.2, 0) is 4.79 Å². The molecule has 4 aliphatic rings. The lowest BCUT2D eigenvalue weighted by molar-refractivity contribution is -0.138. The lowest BCUT2D eigenvalue weighted by atomic mass is 9.44. The second-order valence-electron chi connectivity index (χ2n) is 12.9. The molecule has 2 fully saturated rings. The van der Waals surface area contributed by atoms with Gasteiger partial charge in [-0.2, -0.15) is 0 Å². The third-order valence-corrected chi connectivity index (χ3v) is 11.1. The van der Waals surface area contributed by atoms with Gasteiger partial charge in [-0.1, -0.05) is 65.3 Å². The molecule has 2 heteroatoms. The Balaban J connectivity index is 1.63. The second-order valence-corrected chi connectivity index (χ2v) is 12.9. The molecule has 0 aromatic heterocycles. The number of ketones is 1. The van der Waals surface area contributed by atoms with Gasteiger partial charge in [0.15, 0.2) is 0 Å². The zero-order valence-corrected chi connectivity index (χ0v) is 21.7. The molecule has 0 spiro atoms. The maximum absolute atomic E-state index is 12.8. The van der Waals surface area contributed by atoms with Gasteiger partial charge in [-0.25, -0.2) is 0 Å². The predicted octanol–water partition coefficient (Wildman–Crippen LogP) is 7.44. The predicted molar refractivity (Wildman–Crippen MR) is 133 cm³/mol. The number of allylic oxidation sites excluding steroid dienone is 5. The van der Waals surface area contributed by atoms with E-state index in [1.165, 1.54) is 25.7 Å². The summed E-state index contributed by atoms with van der Waals surface area (Å²) in [6.45, 7) is 16.7. The maximum Gasteiger partial charge on any atom is 0.138 e. The number of Topliss-reactive ketones (excluding diaryl/α,β-unsaturated/α-hetero) is 1. The van der Waals surface area contributed by atoms with Gasteiger partial charge in [-0.3, -0.25) is 4.79 Å². The van der Waals surface area contributed by atoms with Crippen LogP contribution < -0.4 is 0 Å². The van der Waals surface area contributed by atoms with Crippen LogP contribution in [0.25, 0.3) is 0 Å². The standard InChI is InChI=1S/C30H46O2/c1-20(19-31)9-8-10-21(2)22-13-17-30(7)24-11-12-25-27(3,4)26(32)15-16-28(25,5)23(24)14-18-29(22,30)6/h9,11,14,21-22,25,31H,8,10,12-13,15-19H2,1-7H3/b20-9+/t21-,22+,25?,28-,29-,30+/m1/s1. The fourth-order valence-corrected chi connectivity index (χ4v) is 8.62. The number of hydrogen-bond acceptors (Lipinski definition) is 2. The van der Waals surface area contributed by atoms with E-state index in [1.54, 1.807) is 11.1 Å². The van der Waals surface area contributed by atoms with Crippen molar-refractivity contribution in [2.45, 2.75) is 99.8 Å². The molecule has 0 aliphatic heterocycles. The molecule has 4 aliphatic carbocycles. The molecule has 32 heavy (non-hydrogen) atoms. The van der Waals surface area contributed by atoms with Gasteiger partial charge < -0.3 is 5.11 Å². The van der Waals surface area contributed by atoms with Crippen LogP contribution in [0.3, 0.4) is 0 Å². The summed E-state index contributed by atoms with van der Waals surface area (Å²) >= 11 is 0. The molecule has 1 unspecified atom stereocenters. The summed E-state index contributed by atoms with van der Waals surface area (Å²) in [4.78, 5) is 12.8. The van der Waals surface area contributed by atoms with Crippen molar-refractivity contribution in [2.75, 3.05) is 6.61 Å². The van der Waals surface area contributed by atoms with Crippen molar-refractivity contribution < 1.29 is 9.90 Å². The smallest absolute Gasteiger partial charge is 0.138 e. The van der Waals surface area contributed by atoms with E-state index < -0.39 is 0 Å². The van der Waals surface area contributed by atoms with Gasteiger partial charge in [-0.15, -0.1) is 0 Å². The first-order valence-electron chi connectivity index (χ1n) is 13.1. The normalized spacial score (nSPS) is 41.9. The summed E-state index contributed by atoms with van der Waals surface area (Å²) in [5.41, 5.74) is 4.80. The lowest BCUT2D eigenvalue weighted by Gasteiger charge is -2.59. The van der Waals surface area contributed by atoms with Crippen molar-refractivity contribution in [3.63, 3.8) is 0 Å². The van der Waals surface area contributed by atoms with Crippen LogP contribution in [0.2, 0.25) is 0 Å². The Morgan fingerprint density at radius 2 is 1.88 bits per heavy atom. The van der Waals surface area contributed by atoms with Crippen molar-refractivity contribution in [3.8, 4) is 0 Å². The van der Waals surface area contributed by atoms with Crippen LogP contribution in [0.1, 0.15) is 99.8 Å². The van der Waals surface area contributed by atoms with E-state index in [-0.39, 0.29) is 22.9 Å². The molecule has 0 saturated heterocycles. The Morgan fingerprint density at radius 1 is 1.16 bits per heavy atom. The molecule has 178 valence electrons. The lowest BCUT2D eigenvalue weighted by Crippen LogP contribution is -2.53. The molecule has 2 nitrogen and oxygen atoms in total. The highest BCUT2D eigenvalue weighted by molar-refractivity contribution is 5.86. The minimum atomic E-state index is -0.218. The van der Waals surface area contributed by atoms with E-state index in [2.05, 4.69) is 59.8 Å². The average Bonchev–Trinajstić information content (AvgIpc) is 3.02. The van der Waals surface area contributed by atoms with Gasteiger partial charge in [0.05, 0.1) is 6.61 Å². The van der Waals surface area contributed by atoms with Crippen LogP contribution in [0.15, 0.2) is 34.9 Å². The van der Waals surface area contributed by atoms with Crippen molar-refractivity contribution in [1.29, 1.82) is 0 Å². The van der Waals surface area contributed by atoms with Crippen molar-refractivity contribution in [2.24, 2.45) is 39.4 Å². The summed E-state index contributed by atoms with van der Waals surface area (Å²) in [5.74, 6) is 2.32. The highest BCUT2D eigenvalue weighted by Gasteiger charge is 2.63. The van der Waals surface area contributed by atoms with E-state index in [9.17, 15) is 9.90 Å². The average molecular weight is 439 g/mol. The van der Waals surface area contributed by atoms with Gasteiger partial charge in [0.2, 0.25) is 0 Å². The molecule has 0 aromatic rings. The van der Waals surface area contributed by atoms with E-state index in [0.29, 0.717) is 23.0 Å². The SMILES string of the molecule is C/C(=C\CC[C@@H](C)[C@@H]1CC[C@@]2(C)C3=CCC4C(C)(C)C(=O)CC[C@]4(C)C3=CC[C@]12C)CO. The largest absolute Gasteiger partial charge is 0.392 e. The van der Waals surface area contributed by atoms with Crippen molar-refractivity contribution in [3.05, 3.63) is 34.9 Å². The van der Waals surface area contributed by atoms with Crippen LogP contribution >= 0.6 is 0 Å².